The molecule has 100 valence electrons. The van der Waals surface area contributed by atoms with E-state index in [1.165, 1.54) is 0 Å². The molecular formula is C15H23NO2. The molecule has 0 aliphatic carbocycles. The molecule has 1 aliphatic heterocycles. The largest absolute Gasteiger partial charge is 0.490 e. The Kier molecular flexibility index (Phi) is 4.48. The standard InChI is InChI=1S/C15H23NO2/c1-11(2)4-6-13(16)12-5-7-14-15(10-12)18-9-3-8-17-14/h5,7,10-11,13H,3-4,6,8-9,16H2,1-2H3. The molecule has 1 unspecified atom stereocenters. The van der Waals surface area contributed by atoms with Crippen molar-refractivity contribution in [1.82, 2.24) is 0 Å². The molecule has 0 amide bonds. The number of ether oxygens (including phenoxy) is 2. The van der Waals surface area contributed by atoms with Crippen molar-refractivity contribution in [3.8, 4) is 11.5 Å². The van der Waals surface area contributed by atoms with E-state index in [9.17, 15) is 0 Å². The van der Waals surface area contributed by atoms with E-state index in [1.807, 2.05) is 12.1 Å². The first-order valence-electron chi connectivity index (χ1n) is 6.82. The topological polar surface area (TPSA) is 44.5 Å². The summed E-state index contributed by atoms with van der Waals surface area (Å²) in [5.41, 5.74) is 7.36. The number of rotatable bonds is 4. The van der Waals surface area contributed by atoms with Crippen molar-refractivity contribution in [1.29, 1.82) is 0 Å². The molecular weight excluding hydrogens is 226 g/mol. The van der Waals surface area contributed by atoms with Crippen molar-refractivity contribution in [2.24, 2.45) is 11.7 Å². The lowest BCUT2D eigenvalue weighted by Gasteiger charge is -2.15. The molecule has 1 aliphatic rings. The maximum Gasteiger partial charge on any atom is 0.161 e. The van der Waals surface area contributed by atoms with Gasteiger partial charge in [-0.05, 0) is 36.5 Å². The van der Waals surface area contributed by atoms with E-state index in [-0.39, 0.29) is 6.04 Å². The monoisotopic (exact) mass is 249 g/mol. The molecule has 2 rings (SSSR count). The average Bonchev–Trinajstić information content (AvgIpc) is 2.60. The summed E-state index contributed by atoms with van der Waals surface area (Å²) in [5.74, 6) is 2.37. The van der Waals surface area contributed by atoms with Crippen molar-refractivity contribution in [2.75, 3.05) is 13.2 Å². The van der Waals surface area contributed by atoms with Crippen LogP contribution in [-0.2, 0) is 0 Å². The summed E-state index contributed by atoms with van der Waals surface area (Å²) < 4.78 is 11.3. The van der Waals surface area contributed by atoms with Gasteiger partial charge in [-0.2, -0.15) is 0 Å². The van der Waals surface area contributed by atoms with E-state index in [4.69, 9.17) is 15.2 Å². The number of hydrogen-bond donors (Lipinski definition) is 1. The minimum absolute atomic E-state index is 0.0875. The highest BCUT2D eigenvalue weighted by Crippen LogP contribution is 2.32. The minimum Gasteiger partial charge on any atom is -0.490 e. The normalized spacial score (nSPS) is 16.4. The number of benzene rings is 1. The van der Waals surface area contributed by atoms with E-state index in [2.05, 4.69) is 19.9 Å². The van der Waals surface area contributed by atoms with E-state index >= 15 is 0 Å². The molecule has 18 heavy (non-hydrogen) atoms. The fourth-order valence-corrected chi connectivity index (χ4v) is 2.09. The molecule has 2 N–H and O–H groups in total. The highest BCUT2D eigenvalue weighted by molar-refractivity contribution is 5.44. The molecule has 1 atom stereocenters. The summed E-state index contributed by atoms with van der Waals surface area (Å²) in [5, 5.41) is 0. The summed E-state index contributed by atoms with van der Waals surface area (Å²) in [7, 11) is 0. The third-order valence-corrected chi connectivity index (χ3v) is 3.25. The predicted octanol–water partition coefficient (Wildman–Crippen LogP) is 3.28. The quantitative estimate of drug-likeness (QED) is 0.890. The summed E-state index contributed by atoms with van der Waals surface area (Å²) in [6.45, 7) is 5.89. The van der Waals surface area contributed by atoms with Crippen molar-refractivity contribution in [2.45, 2.75) is 39.2 Å². The van der Waals surface area contributed by atoms with E-state index in [0.29, 0.717) is 5.92 Å². The van der Waals surface area contributed by atoms with Gasteiger partial charge in [0.2, 0.25) is 0 Å². The molecule has 1 aromatic carbocycles. The van der Waals surface area contributed by atoms with Crippen LogP contribution in [0.2, 0.25) is 0 Å². The first-order chi connectivity index (χ1) is 8.66. The van der Waals surface area contributed by atoms with Crippen LogP contribution in [0.4, 0.5) is 0 Å². The lowest BCUT2D eigenvalue weighted by atomic mass is 9.98. The lowest BCUT2D eigenvalue weighted by molar-refractivity contribution is 0.297. The van der Waals surface area contributed by atoms with Crippen LogP contribution in [0.15, 0.2) is 18.2 Å². The first kappa shape index (κ1) is 13.2. The van der Waals surface area contributed by atoms with Gasteiger partial charge < -0.3 is 15.2 Å². The third kappa shape index (κ3) is 3.39. The fraction of sp³-hybridized carbons (Fsp3) is 0.600. The van der Waals surface area contributed by atoms with Gasteiger partial charge in [0, 0.05) is 12.5 Å². The highest BCUT2D eigenvalue weighted by Gasteiger charge is 2.14. The highest BCUT2D eigenvalue weighted by atomic mass is 16.5. The fourth-order valence-electron chi connectivity index (χ4n) is 2.09. The Hall–Kier alpha value is -1.22. The molecule has 0 fully saturated rings. The first-order valence-corrected chi connectivity index (χ1v) is 6.82. The molecule has 0 saturated carbocycles. The average molecular weight is 249 g/mol. The van der Waals surface area contributed by atoms with Gasteiger partial charge in [-0.25, -0.2) is 0 Å². The van der Waals surface area contributed by atoms with Gasteiger partial charge in [0.15, 0.2) is 11.5 Å². The summed E-state index contributed by atoms with van der Waals surface area (Å²) >= 11 is 0. The van der Waals surface area contributed by atoms with Crippen LogP contribution < -0.4 is 15.2 Å². The Labute approximate surface area is 109 Å². The summed E-state index contributed by atoms with van der Waals surface area (Å²) in [6.07, 6.45) is 3.09. The van der Waals surface area contributed by atoms with Gasteiger partial charge in [-0.1, -0.05) is 19.9 Å². The second kappa shape index (κ2) is 6.10. The maximum absolute atomic E-state index is 6.22. The van der Waals surface area contributed by atoms with Crippen LogP contribution in [0, 0.1) is 5.92 Å². The Morgan fingerprint density at radius 3 is 2.56 bits per heavy atom. The van der Waals surface area contributed by atoms with Crippen molar-refractivity contribution in [3.63, 3.8) is 0 Å². The van der Waals surface area contributed by atoms with Gasteiger partial charge in [0.1, 0.15) is 0 Å². The van der Waals surface area contributed by atoms with Crippen LogP contribution >= 0.6 is 0 Å². The van der Waals surface area contributed by atoms with Gasteiger partial charge in [0.25, 0.3) is 0 Å². The Balaban J connectivity index is 2.07. The Morgan fingerprint density at radius 2 is 1.83 bits per heavy atom. The molecule has 3 heteroatoms. The van der Waals surface area contributed by atoms with Crippen LogP contribution in [0.25, 0.3) is 0 Å². The summed E-state index contributed by atoms with van der Waals surface area (Å²) in [4.78, 5) is 0. The minimum atomic E-state index is 0.0875. The smallest absolute Gasteiger partial charge is 0.161 e. The molecule has 0 saturated heterocycles. The van der Waals surface area contributed by atoms with E-state index in [1.54, 1.807) is 0 Å². The summed E-state index contributed by atoms with van der Waals surface area (Å²) in [6, 6.07) is 6.15. The second-order valence-electron chi connectivity index (χ2n) is 5.33. The predicted molar refractivity (Wildman–Crippen MR) is 73.0 cm³/mol. The van der Waals surface area contributed by atoms with Gasteiger partial charge in [-0.3, -0.25) is 0 Å². The molecule has 0 radical (unpaired) electrons. The molecule has 0 bridgehead atoms. The Morgan fingerprint density at radius 1 is 1.11 bits per heavy atom. The SMILES string of the molecule is CC(C)CCC(N)c1ccc2c(c1)OCCCO2. The Bertz CT molecular complexity index is 390. The molecule has 0 aromatic heterocycles. The number of nitrogens with two attached hydrogens (primary N) is 1. The zero-order valence-electron chi connectivity index (χ0n) is 11.3. The van der Waals surface area contributed by atoms with Crippen LogP contribution in [0.3, 0.4) is 0 Å². The zero-order chi connectivity index (χ0) is 13.0. The second-order valence-corrected chi connectivity index (χ2v) is 5.33. The van der Waals surface area contributed by atoms with Crippen molar-refractivity contribution in [3.05, 3.63) is 23.8 Å². The van der Waals surface area contributed by atoms with Crippen LogP contribution in [0.5, 0.6) is 11.5 Å². The molecule has 3 nitrogen and oxygen atoms in total. The van der Waals surface area contributed by atoms with Gasteiger partial charge >= 0.3 is 0 Å². The van der Waals surface area contributed by atoms with Crippen LogP contribution in [-0.4, -0.2) is 13.2 Å². The van der Waals surface area contributed by atoms with Crippen molar-refractivity contribution >= 4 is 0 Å². The van der Waals surface area contributed by atoms with Crippen LogP contribution in [0.1, 0.15) is 44.7 Å². The molecule has 1 heterocycles. The van der Waals surface area contributed by atoms with E-state index < -0.39 is 0 Å². The van der Waals surface area contributed by atoms with Gasteiger partial charge in [-0.15, -0.1) is 0 Å². The van der Waals surface area contributed by atoms with E-state index in [0.717, 1.165) is 49.5 Å². The third-order valence-electron chi connectivity index (χ3n) is 3.25. The molecule has 0 spiro atoms. The zero-order valence-corrected chi connectivity index (χ0v) is 11.3. The lowest BCUT2D eigenvalue weighted by Crippen LogP contribution is -2.11. The molecule has 1 aromatic rings. The van der Waals surface area contributed by atoms with Gasteiger partial charge in [0.05, 0.1) is 13.2 Å². The number of fused-ring (bicyclic) bond motifs is 1. The number of hydrogen-bond acceptors (Lipinski definition) is 3. The maximum atomic E-state index is 6.22. The van der Waals surface area contributed by atoms with Crippen molar-refractivity contribution < 1.29 is 9.47 Å².